The smallest absolute Gasteiger partial charge is 0.255 e. The SMILES string of the molecule is Cc1cc(C(=O)NCC(=O)N2CCC(C(=O)NC(C)C(C)C)CC2)c(C)o1. The first-order chi connectivity index (χ1) is 12.7. The van der Waals surface area contributed by atoms with E-state index < -0.39 is 0 Å². The molecule has 7 nitrogen and oxygen atoms in total. The molecule has 27 heavy (non-hydrogen) atoms. The van der Waals surface area contributed by atoms with Gasteiger partial charge in [-0.2, -0.15) is 0 Å². The molecule has 0 bridgehead atoms. The van der Waals surface area contributed by atoms with Gasteiger partial charge in [0, 0.05) is 25.0 Å². The number of carbonyl (C=O) groups is 3. The van der Waals surface area contributed by atoms with Gasteiger partial charge >= 0.3 is 0 Å². The summed E-state index contributed by atoms with van der Waals surface area (Å²) in [5.74, 6) is 1.17. The van der Waals surface area contributed by atoms with Gasteiger partial charge in [-0.3, -0.25) is 14.4 Å². The quantitative estimate of drug-likeness (QED) is 0.793. The Hall–Kier alpha value is -2.31. The van der Waals surface area contributed by atoms with Crippen LogP contribution in [0.2, 0.25) is 0 Å². The lowest BCUT2D eigenvalue weighted by molar-refractivity contribution is -0.135. The lowest BCUT2D eigenvalue weighted by Gasteiger charge is -2.32. The number of carbonyl (C=O) groups excluding carboxylic acids is 3. The standard InChI is InChI=1S/C20H31N3O4/c1-12(2)14(4)22-19(25)16-6-8-23(9-7-16)18(24)11-21-20(26)17-10-13(3)27-15(17)5/h10,12,14,16H,6-9,11H2,1-5H3,(H,21,26)(H,22,25). The van der Waals surface area contributed by atoms with E-state index in [-0.39, 0.29) is 36.2 Å². The maximum atomic E-state index is 12.4. The van der Waals surface area contributed by atoms with Crippen LogP contribution in [0.4, 0.5) is 0 Å². The molecule has 0 spiro atoms. The third-order valence-electron chi connectivity index (χ3n) is 5.27. The van der Waals surface area contributed by atoms with Crippen LogP contribution in [0, 0.1) is 25.7 Å². The van der Waals surface area contributed by atoms with Crippen LogP contribution < -0.4 is 10.6 Å². The number of hydrogen-bond acceptors (Lipinski definition) is 4. The predicted octanol–water partition coefficient (Wildman–Crippen LogP) is 2.03. The molecule has 0 aromatic carbocycles. The highest BCUT2D eigenvalue weighted by atomic mass is 16.3. The number of hydrogen-bond donors (Lipinski definition) is 2. The highest BCUT2D eigenvalue weighted by molar-refractivity contribution is 5.97. The summed E-state index contributed by atoms with van der Waals surface area (Å²) < 4.78 is 5.34. The first kappa shape index (κ1) is 21.0. The molecule has 2 N–H and O–H groups in total. The monoisotopic (exact) mass is 377 g/mol. The Bertz CT molecular complexity index is 687. The molecule has 1 atom stereocenters. The number of rotatable bonds is 6. The summed E-state index contributed by atoms with van der Waals surface area (Å²) in [5.41, 5.74) is 0.454. The summed E-state index contributed by atoms with van der Waals surface area (Å²) in [7, 11) is 0. The van der Waals surface area contributed by atoms with Crippen molar-refractivity contribution in [3.63, 3.8) is 0 Å². The first-order valence-electron chi connectivity index (χ1n) is 9.62. The van der Waals surface area contributed by atoms with Crippen molar-refractivity contribution in [2.75, 3.05) is 19.6 Å². The minimum absolute atomic E-state index is 0.0518. The average molecular weight is 377 g/mol. The molecule has 1 unspecified atom stereocenters. The van der Waals surface area contributed by atoms with Crippen molar-refractivity contribution in [3.05, 3.63) is 23.2 Å². The molecule has 2 heterocycles. The largest absolute Gasteiger partial charge is 0.466 e. The van der Waals surface area contributed by atoms with E-state index in [1.54, 1.807) is 24.8 Å². The van der Waals surface area contributed by atoms with E-state index in [0.29, 0.717) is 48.9 Å². The van der Waals surface area contributed by atoms with Crippen LogP contribution in [-0.4, -0.2) is 48.3 Å². The van der Waals surface area contributed by atoms with Crippen molar-refractivity contribution >= 4 is 17.7 Å². The third-order valence-corrected chi connectivity index (χ3v) is 5.27. The second kappa shape index (κ2) is 9.06. The minimum atomic E-state index is -0.311. The maximum Gasteiger partial charge on any atom is 0.255 e. The number of aryl methyl sites for hydroxylation is 2. The molecule has 7 heteroatoms. The second-order valence-corrected chi connectivity index (χ2v) is 7.71. The van der Waals surface area contributed by atoms with Gasteiger partial charge in [0.1, 0.15) is 11.5 Å². The summed E-state index contributed by atoms with van der Waals surface area (Å²) in [6, 6.07) is 1.81. The molecular weight excluding hydrogens is 346 g/mol. The van der Waals surface area contributed by atoms with E-state index in [1.807, 2.05) is 6.92 Å². The lowest BCUT2D eigenvalue weighted by atomic mass is 9.94. The molecule has 1 aliphatic rings. The fourth-order valence-electron chi connectivity index (χ4n) is 3.12. The Labute approximate surface area is 160 Å². The van der Waals surface area contributed by atoms with Gasteiger partial charge in [-0.25, -0.2) is 0 Å². The average Bonchev–Trinajstić information content (AvgIpc) is 2.97. The normalized spacial score (nSPS) is 16.3. The fraction of sp³-hybridized carbons (Fsp3) is 0.650. The zero-order chi connectivity index (χ0) is 20.1. The number of furan rings is 1. The third kappa shape index (κ3) is 5.58. The number of nitrogens with zero attached hydrogens (tertiary/aromatic N) is 1. The Morgan fingerprint density at radius 3 is 2.33 bits per heavy atom. The van der Waals surface area contributed by atoms with Gasteiger partial charge in [-0.1, -0.05) is 13.8 Å². The van der Waals surface area contributed by atoms with E-state index in [0.717, 1.165) is 0 Å². The van der Waals surface area contributed by atoms with E-state index in [1.165, 1.54) is 0 Å². The summed E-state index contributed by atoms with van der Waals surface area (Å²) >= 11 is 0. The van der Waals surface area contributed by atoms with Crippen molar-refractivity contribution in [3.8, 4) is 0 Å². The number of likely N-dealkylation sites (tertiary alicyclic amines) is 1. The van der Waals surface area contributed by atoms with Crippen molar-refractivity contribution in [2.24, 2.45) is 11.8 Å². The molecule has 2 rings (SSSR count). The number of nitrogens with one attached hydrogen (secondary N) is 2. The molecule has 0 radical (unpaired) electrons. The molecule has 1 aromatic heterocycles. The molecule has 1 fully saturated rings. The Morgan fingerprint density at radius 1 is 1.19 bits per heavy atom. The van der Waals surface area contributed by atoms with Crippen LogP contribution in [-0.2, 0) is 9.59 Å². The predicted molar refractivity (Wildman–Crippen MR) is 102 cm³/mol. The molecule has 0 saturated carbocycles. The van der Waals surface area contributed by atoms with Gasteiger partial charge in [0.2, 0.25) is 11.8 Å². The van der Waals surface area contributed by atoms with Crippen molar-refractivity contribution < 1.29 is 18.8 Å². The zero-order valence-corrected chi connectivity index (χ0v) is 16.9. The molecular formula is C20H31N3O4. The van der Waals surface area contributed by atoms with E-state index in [4.69, 9.17) is 4.42 Å². The number of piperidine rings is 1. The van der Waals surface area contributed by atoms with Crippen LogP contribution in [0.5, 0.6) is 0 Å². The Morgan fingerprint density at radius 2 is 1.81 bits per heavy atom. The van der Waals surface area contributed by atoms with Crippen molar-refractivity contribution in [1.29, 1.82) is 0 Å². The molecule has 1 saturated heterocycles. The van der Waals surface area contributed by atoms with Crippen LogP contribution in [0.1, 0.15) is 55.5 Å². The molecule has 150 valence electrons. The highest BCUT2D eigenvalue weighted by Gasteiger charge is 2.28. The molecule has 1 aromatic rings. The first-order valence-corrected chi connectivity index (χ1v) is 9.62. The van der Waals surface area contributed by atoms with Gasteiger partial charge in [0.25, 0.3) is 5.91 Å². The second-order valence-electron chi connectivity index (χ2n) is 7.71. The zero-order valence-electron chi connectivity index (χ0n) is 16.9. The van der Waals surface area contributed by atoms with E-state index in [9.17, 15) is 14.4 Å². The van der Waals surface area contributed by atoms with Crippen LogP contribution in [0.3, 0.4) is 0 Å². The van der Waals surface area contributed by atoms with Crippen molar-refractivity contribution in [1.82, 2.24) is 15.5 Å². The van der Waals surface area contributed by atoms with Crippen LogP contribution >= 0.6 is 0 Å². The van der Waals surface area contributed by atoms with Gasteiger partial charge in [0.15, 0.2) is 0 Å². The Balaban J connectivity index is 1.77. The van der Waals surface area contributed by atoms with E-state index >= 15 is 0 Å². The lowest BCUT2D eigenvalue weighted by Crippen LogP contribution is -2.47. The minimum Gasteiger partial charge on any atom is -0.466 e. The summed E-state index contributed by atoms with van der Waals surface area (Å²) in [6.07, 6.45) is 1.30. The van der Waals surface area contributed by atoms with Crippen LogP contribution in [0.15, 0.2) is 10.5 Å². The summed E-state index contributed by atoms with van der Waals surface area (Å²) in [5, 5.41) is 5.70. The van der Waals surface area contributed by atoms with E-state index in [2.05, 4.69) is 24.5 Å². The fourth-order valence-corrected chi connectivity index (χ4v) is 3.12. The molecule has 1 aliphatic heterocycles. The van der Waals surface area contributed by atoms with Gasteiger partial charge < -0.3 is 20.0 Å². The molecule has 3 amide bonds. The van der Waals surface area contributed by atoms with Gasteiger partial charge in [-0.05, 0) is 45.6 Å². The topological polar surface area (TPSA) is 91.7 Å². The summed E-state index contributed by atoms with van der Waals surface area (Å²) in [4.78, 5) is 38.6. The van der Waals surface area contributed by atoms with Gasteiger partial charge in [0.05, 0.1) is 12.1 Å². The molecule has 0 aliphatic carbocycles. The van der Waals surface area contributed by atoms with Gasteiger partial charge in [-0.15, -0.1) is 0 Å². The van der Waals surface area contributed by atoms with Crippen molar-refractivity contribution in [2.45, 2.75) is 53.5 Å². The number of amides is 3. The highest BCUT2D eigenvalue weighted by Crippen LogP contribution is 2.18. The Kier molecular flexibility index (Phi) is 7.05. The maximum absolute atomic E-state index is 12.4. The van der Waals surface area contributed by atoms with Crippen LogP contribution in [0.25, 0.3) is 0 Å². The summed E-state index contributed by atoms with van der Waals surface area (Å²) in [6.45, 7) is 10.7.